The Labute approximate surface area is 150 Å². The molecule has 0 aromatic heterocycles. The standard InChI is InChI=1S/C21H26N2O2/c1-24-20-11-5-3-8-17(20)9-7-14-23-15-13-22-16-19(23)18-10-4-6-12-21(18)25-2/h3-12,19,22H,13-16H2,1-2H3/b9-7+. The van der Waals surface area contributed by atoms with Crippen molar-refractivity contribution in [1.82, 2.24) is 10.2 Å². The Morgan fingerprint density at radius 2 is 1.76 bits per heavy atom. The number of rotatable bonds is 6. The molecule has 0 spiro atoms. The number of hydrogen-bond acceptors (Lipinski definition) is 4. The van der Waals surface area contributed by atoms with E-state index in [4.69, 9.17) is 9.47 Å². The molecule has 1 aliphatic rings. The average Bonchev–Trinajstić information content (AvgIpc) is 2.68. The van der Waals surface area contributed by atoms with Crippen molar-refractivity contribution in [2.24, 2.45) is 0 Å². The number of piperazine rings is 1. The summed E-state index contributed by atoms with van der Waals surface area (Å²) in [7, 11) is 3.45. The lowest BCUT2D eigenvalue weighted by Gasteiger charge is -2.36. The molecule has 1 aliphatic heterocycles. The zero-order valence-electron chi connectivity index (χ0n) is 14.9. The first-order valence-electron chi connectivity index (χ1n) is 8.70. The predicted octanol–water partition coefficient (Wildman–Crippen LogP) is 3.36. The Morgan fingerprint density at radius 3 is 2.56 bits per heavy atom. The normalized spacial score (nSPS) is 18.4. The van der Waals surface area contributed by atoms with Crippen LogP contribution in [0.4, 0.5) is 0 Å². The monoisotopic (exact) mass is 338 g/mol. The fraction of sp³-hybridized carbons (Fsp3) is 0.333. The van der Waals surface area contributed by atoms with Crippen molar-refractivity contribution in [2.45, 2.75) is 6.04 Å². The number of nitrogens with zero attached hydrogens (tertiary/aromatic N) is 1. The lowest BCUT2D eigenvalue weighted by molar-refractivity contribution is 0.177. The van der Waals surface area contributed by atoms with Crippen LogP contribution in [0.5, 0.6) is 11.5 Å². The molecule has 1 heterocycles. The molecule has 0 amide bonds. The number of benzene rings is 2. The zero-order chi connectivity index (χ0) is 17.5. The highest BCUT2D eigenvalue weighted by Crippen LogP contribution is 2.30. The smallest absolute Gasteiger partial charge is 0.126 e. The molecule has 4 nitrogen and oxygen atoms in total. The molecule has 0 bridgehead atoms. The van der Waals surface area contributed by atoms with Gasteiger partial charge in [0.15, 0.2) is 0 Å². The van der Waals surface area contributed by atoms with Crippen LogP contribution in [0.1, 0.15) is 17.2 Å². The van der Waals surface area contributed by atoms with Crippen LogP contribution >= 0.6 is 0 Å². The maximum atomic E-state index is 5.56. The highest BCUT2D eigenvalue weighted by molar-refractivity contribution is 5.57. The van der Waals surface area contributed by atoms with Gasteiger partial charge in [0.25, 0.3) is 0 Å². The van der Waals surface area contributed by atoms with Crippen molar-refractivity contribution in [3.8, 4) is 11.5 Å². The van der Waals surface area contributed by atoms with Crippen molar-refractivity contribution >= 4 is 6.08 Å². The van der Waals surface area contributed by atoms with Gasteiger partial charge in [-0.15, -0.1) is 0 Å². The summed E-state index contributed by atoms with van der Waals surface area (Å²) in [4.78, 5) is 2.49. The maximum absolute atomic E-state index is 5.56. The van der Waals surface area contributed by atoms with E-state index in [0.29, 0.717) is 6.04 Å². The van der Waals surface area contributed by atoms with Crippen LogP contribution in [0, 0.1) is 0 Å². The molecular formula is C21H26N2O2. The number of methoxy groups -OCH3 is 2. The van der Waals surface area contributed by atoms with E-state index in [2.05, 4.69) is 40.6 Å². The quantitative estimate of drug-likeness (QED) is 0.876. The van der Waals surface area contributed by atoms with Crippen LogP contribution in [-0.4, -0.2) is 45.3 Å². The molecule has 1 atom stereocenters. The summed E-state index contributed by atoms with van der Waals surface area (Å²) in [5.74, 6) is 1.86. The predicted molar refractivity (Wildman–Crippen MR) is 102 cm³/mol. The lowest BCUT2D eigenvalue weighted by Crippen LogP contribution is -2.46. The molecular weight excluding hydrogens is 312 g/mol. The van der Waals surface area contributed by atoms with Gasteiger partial charge in [-0.25, -0.2) is 0 Å². The third-order valence-corrected chi connectivity index (χ3v) is 4.63. The second kappa shape index (κ2) is 8.70. The van der Waals surface area contributed by atoms with E-state index in [1.165, 1.54) is 5.56 Å². The number of ether oxygens (including phenoxy) is 2. The fourth-order valence-electron chi connectivity index (χ4n) is 3.33. The first-order valence-corrected chi connectivity index (χ1v) is 8.70. The summed E-state index contributed by atoms with van der Waals surface area (Å²) in [6.07, 6.45) is 4.35. The Balaban J connectivity index is 1.74. The summed E-state index contributed by atoms with van der Waals surface area (Å²) >= 11 is 0. The molecule has 4 heteroatoms. The molecule has 132 valence electrons. The highest BCUT2D eigenvalue weighted by atomic mass is 16.5. The minimum atomic E-state index is 0.312. The minimum absolute atomic E-state index is 0.312. The third-order valence-electron chi connectivity index (χ3n) is 4.63. The summed E-state index contributed by atoms with van der Waals surface area (Å²) in [6.45, 7) is 3.85. The van der Waals surface area contributed by atoms with Crippen molar-refractivity contribution in [2.75, 3.05) is 40.4 Å². The number of hydrogen-bond donors (Lipinski definition) is 1. The van der Waals surface area contributed by atoms with Crippen LogP contribution in [0.15, 0.2) is 54.6 Å². The van der Waals surface area contributed by atoms with Crippen molar-refractivity contribution in [3.05, 3.63) is 65.7 Å². The Hall–Kier alpha value is -2.30. The second-order valence-electron chi connectivity index (χ2n) is 6.10. The van der Waals surface area contributed by atoms with Gasteiger partial charge >= 0.3 is 0 Å². The van der Waals surface area contributed by atoms with Crippen molar-refractivity contribution < 1.29 is 9.47 Å². The van der Waals surface area contributed by atoms with E-state index in [1.54, 1.807) is 14.2 Å². The SMILES string of the molecule is COc1ccccc1/C=C/CN1CCNCC1c1ccccc1OC. The topological polar surface area (TPSA) is 33.7 Å². The van der Waals surface area contributed by atoms with Gasteiger partial charge < -0.3 is 14.8 Å². The van der Waals surface area contributed by atoms with Crippen LogP contribution in [0.25, 0.3) is 6.08 Å². The molecule has 1 saturated heterocycles. The van der Waals surface area contributed by atoms with Gasteiger partial charge in [-0.05, 0) is 12.1 Å². The van der Waals surface area contributed by atoms with E-state index in [9.17, 15) is 0 Å². The molecule has 3 rings (SSSR count). The fourth-order valence-corrected chi connectivity index (χ4v) is 3.33. The molecule has 0 aliphatic carbocycles. The van der Waals surface area contributed by atoms with Gasteiger partial charge in [0.1, 0.15) is 11.5 Å². The van der Waals surface area contributed by atoms with Gasteiger partial charge in [0.2, 0.25) is 0 Å². The number of nitrogens with one attached hydrogen (secondary N) is 1. The lowest BCUT2D eigenvalue weighted by atomic mass is 10.0. The number of para-hydroxylation sites is 2. The first kappa shape index (κ1) is 17.5. The van der Waals surface area contributed by atoms with E-state index >= 15 is 0 Å². The Bertz CT molecular complexity index is 715. The summed E-state index contributed by atoms with van der Waals surface area (Å²) < 4.78 is 11.0. The van der Waals surface area contributed by atoms with Crippen molar-refractivity contribution in [1.29, 1.82) is 0 Å². The van der Waals surface area contributed by atoms with Crippen molar-refractivity contribution in [3.63, 3.8) is 0 Å². The van der Waals surface area contributed by atoms with Gasteiger partial charge in [0.05, 0.1) is 20.3 Å². The second-order valence-corrected chi connectivity index (χ2v) is 6.10. The third kappa shape index (κ3) is 4.21. The van der Waals surface area contributed by atoms with E-state index in [0.717, 1.165) is 43.2 Å². The highest BCUT2D eigenvalue weighted by Gasteiger charge is 2.25. The molecule has 1 N–H and O–H groups in total. The summed E-state index contributed by atoms with van der Waals surface area (Å²) in [6, 6.07) is 16.7. The maximum Gasteiger partial charge on any atom is 0.126 e. The molecule has 2 aromatic rings. The molecule has 25 heavy (non-hydrogen) atoms. The van der Waals surface area contributed by atoms with Crippen LogP contribution in [0.2, 0.25) is 0 Å². The summed E-state index contributed by atoms with van der Waals surface area (Å²) in [5.41, 5.74) is 2.34. The Kier molecular flexibility index (Phi) is 6.09. The average molecular weight is 338 g/mol. The minimum Gasteiger partial charge on any atom is -0.496 e. The van der Waals surface area contributed by atoms with Gasteiger partial charge in [-0.2, -0.15) is 0 Å². The van der Waals surface area contributed by atoms with Gasteiger partial charge in [-0.1, -0.05) is 48.6 Å². The Morgan fingerprint density at radius 1 is 1.04 bits per heavy atom. The van der Waals surface area contributed by atoms with Crippen LogP contribution in [-0.2, 0) is 0 Å². The molecule has 1 unspecified atom stereocenters. The van der Waals surface area contributed by atoms with E-state index < -0.39 is 0 Å². The summed E-state index contributed by atoms with van der Waals surface area (Å²) in [5, 5.41) is 3.50. The molecule has 2 aromatic carbocycles. The zero-order valence-corrected chi connectivity index (χ0v) is 14.9. The van der Waals surface area contributed by atoms with Crippen LogP contribution in [0.3, 0.4) is 0 Å². The molecule has 0 saturated carbocycles. The molecule has 0 radical (unpaired) electrons. The van der Waals surface area contributed by atoms with Gasteiger partial charge in [-0.3, -0.25) is 4.90 Å². The van der Waals surface area contributed by atoms with Gasteiger partial charge in [0, 0.05) is 37.3 Å². The first-order chi connectivity index (χ1) is 12.3. The van der Waals surface area contributed by atoms with E-state index in [1.807, 2.05) is 30.3 Å². The molecule has 1 fully saturated rings. The van der Waals surface area contributed by atoms with Crippen LogP contribution < -0.4 is 14.8 Å². The van der Waals surface area contributed by atoms with E-state index in [-0.39, 0.29) is 0 Å². The largest absolute Gasteiger partial charge is 0.496 e.